The molecule has 21 heavy (non-hydrogen) atoms. The van der Waals surface area contributed by atoms with E-state index in [2.05, 4.69) is 17.0 Å². The summed E-state index contributed by atoms with van der Waals surface area (Å²) in [5.74, 6) is -0.283. The van der Waals surface area contributed by atoms with E-state index >= 15 is 0 Å². The van der Waals surface area contributed by atoms with Gasteiger partial charge in [0.2, 0.25) is 0 Å². The first-order valence-corrected chi connectivity index (χ1v) is 7.37. The highest BCUT2D eigenvalue weighted by molar-refractivity contribution is 5.47. The molecule has 0 radical (unpaired) electrons. The van der Waals surface area contributed by atoms with E-state index in [1.807, 2.05) is 25.1 Å². The second kappa shape index (κ2) is 5.49. The SMILES string of the molecule is Cc1ccc(F)cc1C1(O)CCN(c2ccccc2)CC1. The van der Waals surface area contributed by atoms with Crippen molar-refractivity contribution in [2.24, 2.45) is 0 Å². The number of halogens is 1. The van der Waals surface area contributed by atoms with Crippen LogP contribution in [0.5, 0.6) is 0 Å². The Balaban J connectivity index is 1.79. The van der Waals surface area contributed by atoms with Crippen molar-refractivity contribution in [2.45, 2.75) is 25.4 Å². The fourth-order valence-corrected chi connectivity index (χ4v) is 3.14. The minimum atomic E-state index is -0.919. The zero-order valence-corrected chi connectivity index (χ0v) is 12.2. The lowest BCUT2D eigenvalue weighted by Crippen LogP contribution is -2.43. The molecule has 0 atom stereocenters. The lowest BCUT2D eigenvalue weighted by molar-refractivity contribution is 0.0109. The average Bonchev–Trinajstić information content (AvgIpc) is 2.51. The quantitative estimate of drug-likeness (QED) is 0.911. The van der Waals surface area contributed by atoms with Crippen LogP contribution in [0, 0.1) is 12.7 Å². The van der Waals surface area contributed by atoms with Crippen LogP contribution in [0.3, 0.4) is 0 Å². The third-order valence-corrected chi connectivity index (χ3v) is 4.41. The molecule has 2 aromatic rings. The lowest BCUT2D eigenvalue weighted by Gasteiger charge is -2.40. The summed E-state index contributed by atoms with van der Waals surface area (Å²) in [5, 5.41) is 10.9. The summed E-state index contributed by atoms with van der Waals surface area (Å²) in [6.07, 6.45) is 1.23. The molecule has 0 spiro atoms. The largest absolute Gasteiger partial charge is 0.385 e. The molecule has 0 saturated carbocycles. The number of aryl methyl sites for hydroxylation is 1. The first-order valence-electron chi connectivity index (χ1n) is 7.37. The average molecular weight is 285 g/mol. The van der Waals surface area contributed by atoms with Crippen molar-refractivity contribution in [3.05, 3.63) is 65.5 Å². The Morgan fingerprint density at radius 3 is 2.38 bits per heavy atom. The van der Waals surface area contributed by atoms with Gasteiger partial charge in [-0.15, -0.1) is 0 Å². The highest BCUT2D eigenvalue weighted by Gasteiger charge is 2.35. The number of piperidine rings is 1. The zero-order valence-electron chi connectivity index (χ0n) is 12.2. The van der Waals surface area contributed by atoms with Gasteiger partial charge in [-0.25, -0.2) is 4.39 Å². The Morgan fingerprint density at radius 2 is 1.71 bits per heavy atom. The Kier molecular flexibility index (Phi) is 3.68. The van der Waals surface area contributed by atoms with Gasteiger partial charge in [-0.05, 0) is 55.2 Å². The Hall–Kier alpha value is -1.87. The van der Waals surface area contributed by atoms with Gasteiger partial charge in [0.1, 0.15) is 5.82 Å². The molecular formula is C18H20FNO. The smallest absolute Gasteiger partial charge is 0.123 e. The van der Waals surface area contributed by atoms with E-state index in [0.29, 0.717) is 12.8 Å². The molecular weight excluding hydrogens is 265 g/mol. The second-order valence-corrected chi connectivity index (χ2v) is 5.81. The molecule has 2 aromatic carbocycles. The van der Waals surface area contributed by atoms with E-state index in [4.69, 9.17) is 0 Å². The molecule has 0 unspecified atom stereocenters. The van der Waals surface area contributed by atoms with Crippen molar-refractivity contribution in [1.82, 2.24) is 0 Å². The topological polar surface area (TPSA) is 23.5 Å². The zero-order chi connectivity index (χ0) is 14.9. The van der Waals surface area contributed by atoms with Crippen LogP contribution in [0.4, 0.5) is 10.1 Å². The number of para-hydroxylation sites is 1. The maximum absolute atomic E-state index is 13.5. The molecule has 1 aliphatic rings. The maximum atomic E-state index is 13.5. The monoisotopic (exact) mass is 285 g/mol. The summed E-state index contributed by atoms with van der Waals surface area (Å²) in [6.45, 7) is 3.48. The van der Waals surface area contributed by atoms with Crippen molar-refractivity contribution in [3.8, 4) is 0 Å². The fraction of sp³-hybridized carbons (Fsp3) is 0.333. The Morgan fingerprint density at radius 1 is 1.05 bits per heavy atom. The van der Waals surface area contributed by atoms with E-state index in [9.17, 15) is 9.50 Å². The molecule has 0 amide bonds. The summed E-state index contributed by atoms with van der Waals surface area (Å²) >= 11 is 0. The molecule has 1 N–H and O–H groups in total. The van der Waals surface area contributed by atoms with Gasteiger partial charge in [-0.1, -0.05) is 24.3 Å². The molecule has 0 bridgehead atoms. The fourth-order valence-electron chi connectivity index (χ4n) is 3.14. The predicted molar refractivity (Wildman–Crippen MR) is 82.9 cm³/mol. The molecule has 1 saturated heterocycles. The number of benzene rings is 2. The first kappa shape index (κ1) is 14.1. The third kappa shape index (κ3) is 2.79. The van der Waals surface area contributed by atoms with E-state index in [1.165, 1.54) is 17.8 Å². The van der Waals surface area contributed by atoms with Crippen LogP contribution in [0.15, 0.2) is 48.5 Å². The van der Waals surface area contributed by atoms with Crippen LogP contribution in [0.2, 0.25) is 0 Å². The molecule has 110 valence electrons. The molecule has 2 nitrogen and oxygen atoms in total. The van der Waals surface area contributed by atoms with E-state index < -0.39 is 5.60 Å². The van der Waals surface area contributed by atoms with Crippen LogP contribution in [-0.4, -0.2) is 18.2 Å². The predicted octanol–water partition coefficient (Wildman–Crippen LogP) is 3.62. The number of nitrogens with zero attached hydrogens (tertiary/aromatic N) is 1. The van der Waals surface area contributed by atoms with Gasteiger partial charge in [0, 0.05) is 18.8 Å². The summed E-state index contributed by atoms with van der Waals surface area (Å²) in [5.41, 5.74) is 1.94. The van der Waals surface area contributed by atoms with Crippen molar-refractivity contribution < 1.29 is 9.50 Å². The molecule has 3 heteroatoms. The van der Waals surface area contributed by atoms with Crippen molar-refractivity contribution in [3.63, 3.8) is 0 Å². The lowest BCUT2D eigenvalue weighted by atomic mass is 9.82. The van der Waals surface area contributed by atoms with Crippen LogP contribution < -0.4 is 4.90 Å². The number of hydrogen-bond donors (Lipinski definition) is 1. The molecule has 1 aliphatic heterocycles. The minimum Gasteiger partial charge on any atom is -0.385 e. The summed E-state index contributed by atoms with van der Waals surface area (Å²) < 4.78 is 13.5. The minimum absolute atomic E-state index is 0.283. The Bertz CT molecular complexity index is 618. The molecule has 0 aliphatic carbocycles. The molecule has 1 heterocycles. The van der Waals surface area contributed by atoms with Gasteiger partial charge < -0.3 is 10.0 Å². The Labute approximate surface area is 124 Å². The van der Waals surface area contributed by atoms with E-state index in [1.54, 1.807) is 6.07 Å². The van der Waals surface area contributed by atoms with Crippen LogP contribution in [-0.2, 0) is 5.60 Å². The summed E-state index contributed by atoms with van der Waals surface area (Å²) in [6, 6.07) is 14.9. The maximum Gasteiger partial charge on any atom is 0.123 e. The number of anilines is 1. The van der Waals surface area contributed by atoms with E-state index in [0.717, 1.165) is 24.2 Å². The number of aliphatic hydroxyl groups is 1. The van der Waals surface area contributed by atoms with Crippen molar-refractivity contribution in [2.75, 3.05) is 18.0 Å². The highest BCUT2D eigenvalue weighted by Crippen LogP contribution is 2.36. The number of rotatable bonds is 2. The van der Waals surface area contributed by atoms with Gasteiger partial charge in [0.15, 0.2) is 0 Å². The van der Waals surface area contributed by atoms with Gasteiger partial charge in [0.25, 0.3) is 0 Å². The summed E-state index contributed by atoms with van der Waals surface area (Å²) in [7, 11) is 0. The molecule has 0 aromatic heterocycles. The van der Waals surface area contributed by atoms with Gasteiger partial charge in [0.05, 0.1) is 5.60 Å². The van der Waals surface area contributed by atoms with Crippen LogP contribution >= 0.6 is 0 Å². The van der Waals surface area contributed by atoms with Crippen molar-refractivity contribution >= 4 is 5.69 Å². The molecule has 3 rings (SSSR count). The standard InChI is InChI=1S/C18H20FNO/c1-14-7-8-15(19)13-17(14)18(21)9-11-20(12-10-18)16-5-3-2-4-6-16/h2-8,13,21H,9-12H2,1H3. The van der Waals surface area contributed by atoms with Gasteiger partial charge in [-0.3, -0.25) is 0 Å². The summed E-state index contributed by atoms with van der Waals surface area (Å²) in [4.78, 5) is 2.27. The van der Waals surface area contributed by atoms with Gasteiger partial charge >= 0.3 is 0 Å². The van der Waals surface area contributed by atoms with Crippen molar-refractivity contribution in [1.29, 1.82) is 0 Å². The first-order chi connectivity index (χ1) is 10.1. The van der Waals surface area contributed by atoms with E-state index in [-0.39, 0.29) is 5.82 Å². The number of hydrogen-bond acceptors (Lipinski definition) is 2. The molecule has 1 fully saturated rings. The second-order valence-electron chi connectivity index (χ2n) is 5.81. The highest BCUT2D eigenvalue weighted by atomic mass is 19.1. The van der Waals surface area contributed by atoms with Gasteiger partial charge in [-0.2, -0.15) is 0 Å². The van der Waals surface area contributed by atoms with Crippen LogP contribution in [0.25, 0.3) is 0 Å². The normalized spacial score (nSPS) is 17.8. The third-order valence-electron chi connectivity index (χ3n) is 4.41. The van der Waals surface area contributed by atoms with Crippen LogP contribution in [0.1, 0.15) is 24.0 Å².